The molecule has 0 radical (unpaired) electrons. The van der Waals surface area contributed by atoms with E-state index < -0.39 is 9.84 Å². The van der Waals surface area contributed by atoms with Gasteiger partial charge in [0.1, 0.15) is 9.84 Å². The van der Waals surface area contributed by atoms with E-state index in [1.54, 1.807) is 0 Å². The average Bonchev–Trinajstić information content (AvgIpc) is 3.00. The fraction of sp³-hybridized carbons (Fsp3) is 0.526. The number of nitrogens with one attached hydrogen (secondary N) is 2. The minimum atomic E-state index is -2.93. The van der Waals surface area contributed by atoms with Crippen LogP contribution >= 0.6 is 24.0 Å². The molecule has 0 aliphatic heterocycles. The number of hydrogen-bond acceptors (Lipinski definition) is 3. The summed E-state index contributed by atoms with van der Waals surface area (Å²) >= 11 is 0. The molecular formula is C19H31IN4O2S. The van der Waals surface area contributed by atoms with E-state index in [-0.39, 0.29) is 35.8 Å². The highest BCUT2D eigenvalue weighted by Gasteiger charge is 2.09. The Morgan fingerprint density at radius 1 is 1.26 bits per heavy atom. The normalized spacial score (nSPS) is 13.2. The standard InChI is InChI=1S/C19H30N4O2S.HI/c1-4-20-19(22-16(2)11-15-26(3,24)25)21-12-7-13-23-14-10-17-8-5-6-9-18(17)23;/h5-6,8-10,14,16H,4,7,11-13,15H2,1-3H3,(H2,20,21,22);1H. The van der Waals surface area contributed by atoms with Gasteiger partial charge in [0.25, 0.3) is 0 Å². The first-order valence-electron chi connectivity index (χ1n) is 9.15. The topological polar surface area (TPSA) is 75.5 Å². The fourth-order valence-electron chi connectivity index (χ4n) is 2.78. The first kappa shape index (κ1) is 23.7. The number of aryl methyl sites for hydroxylation is 1. The van der Waals surface area contributed by atoms with Gasteiger partial charge in [-0.25, -0.2) is 8.42 Å². The Labute approximate surface area is 179 Å². The summed E-state index contributed by atoms with van der Waals surface area (Å²) in [6.07, 6.45) is 4.89. The zero-order valence-electron chi connectivity index (χ0n) is 16.3. The van der Waals surface area contributed by atoms with Crippen LogP contribution in [0.4, 0.5) is 0 Å². The minimum absolute atomic E-state index is 0. The highest BCUT2D eigenvalue weighted by molar-refractivity contribution is 14.0. The Hall–Kier alpha value is -1.29. The molecule has 8 heteroatoms. The largest absolute Gasteiger partial charge is 0.357 e. The smallest absolute Gasteiger partial charge is 0.191 e. The van der Waals surface area contributed by atoms with Crippen LogP contribution in [0, 0.1) is 0 Å². The molecule has 0 fully saturated rings. The summed E-state index contributed by atoms with van der Waals surface area (Å²) in [4.78, 5) is 4.61. The second-order valence-electron chi connectivity index (χ2n) is 6.65. The van der Waals surface area contributed by atoms with Gasteiger partial charge in [-0.1, -0.05) is 18.2 Å². The highest BCUT2D eigenvalue weighted by atomic mass is 127. The van der Waals surface area contributed by atoms with Crippen molar-refractivity contribution in [2.24, 2.45) is 4.99 Å². The summed E-state index contributed by atoms with van der Waals surface area (Å²) < 4.78 is 24.8. The summed E-state index contributed by atoms with van der Waals surface area (Å²) in [5.74, 6) is 0.923. The van der Waals surface area contributed by atoms with Crippen molar-refractivity contribution in [3.63, 3.8) is 0 Å². The maximum Gasteiger partial charge on any atom is 0.191 e. The number of halogens is 1. The molecule has 0 saturated carbocycles. The fourth-order valence-corrected chi connectivity index (χ4v) is 3.57. The van der Waals surface area contributed by atoms with Crippen LogP contribution in [-0.4, -0.2) is 50.1 Å². The van der Waals surface area contributed by atoms with Crippen LogP contribution < -0.4 is 10.6 Å². The zero-order chi connectivity index (χ0) is 19.0. The van der Waals surface area contributed by atoms with Crippen LogP contribution in [0.15, 0.2) is 41.5 Å². The van der Waals surface area contributed by atoms with Gasteiger partial charge in [-0.2, -0.15) is 0 Å². The first-order valence-corrected chi connectivity index (χ1v) is 11.2. The summed E-state index contributed by atoms with van der Waals surface area (Å²) in [6, 6.07) is 10.5. The summed E-state index contributed by atoms with van der Waals surface area (Å²) in [5.41, 5.74) is 1.25. The monoisotopic (exact) mass is 506 g/mol. The number of guanidine groups is 1. The number of nitrogens with zero attached hydrogens (tertiary/aromatic N) is 2. The molecule has 0 saturated heterocycles. The van der Waals surface area contributed by atoms with E-state index in [9.17, 15) is 8.42 Å². The Morgan fingerprint density at radius 3 is 2.70 bits per heavy atom. The van der Waals surface area contributed by atoms with E-state index in [0.29, 0.717) is 13.0 Å². The van der Waals surface area contributed by atoms with E-state index in [1.807, 2.05) is 13.8 Å². The van der Waals surface area contributed by atoms with Crippen molar-refractivity contribution in [2.45, 2.75) is 39.3 Å². The lowest BCUT2D eigenvalue weighted by Crippen LogP contribution is -2.42. The van der Waals surface area contributed by atoms with Gasteiger partial charge in [0.15, 0.2) is 5.96 Å². The number of benzene rings is 1. The van der Waals surface area contributed by atoms with Crippen LogP contribution in [-0.2, 0) is 16.4 Å². The molecule has 0 aliphatic rings. The van der Waals surface area contributed by atoms with Gasteiger partial charge in [0.05, 0.1) is 5.75 Å². The lowest BCUT2D eigenvalue weighted by molar-refractivity contribution is 0.580. The molecule has 2 rings (SSSR count). The number of rotatable bonds is 9. The van der Waals surface area contributed by atoms with Crippen molar-refractivity contribution >= 4 is 50.7 Å². The third-order valence-electron chi connectivity index (χ3n) is 4.16. The van der Waals surface area contributed by atoms with Crippen molar-refractivity contribution in [1.29, 1.82) is 0 Å². The number of para-hydroxylation sites is 1. The molecule has 2 N–H and O–H groups in total. The van der Waals surface area contributed by atoms with Gasteiger partial charge in [0, 0.05) is 43.6 Å². The third-order valence-corrected chi connectivity index (χ3v) is 5.13. The van der Waals surface area contributed by atoms with Gasteiger partial charge < -0.3 is 15.2 Å². The number of aliphatic imine (C=N–C) groups is 1. The van der Waals surface area contributed by atoms with E-state index in [2.05, 4.69) is 56.7 Å². The van der Waals surface area contributed by atoms with E-state index in [4.69, 9.17) is 0 Å². The SMILES string of the molecule is CCNC(=NCCCn1ccc2ccccc21)NC(C)CCS(C)(=O)=O.I. The predicted octanol–water partition coefficient (Wildman–Crippen LogP) is 3.03. The van der Waals surface area contributed by atoms with Crippen molar-refractivity contribution in [1.82, 2.24) is 15.2 Å². The molecule has 152 valence electrons. The maximum atomic E-state index is 11.3. The predicted molar refractivity (Wildman–Crippen MR) is 125 cm³/mol. The summed E-state index contributed by atoms with van der Waals surface area (Å²) in [5, 5.41) is 7.75. The Bertz CT molecular complexity index is 833. The molecule has 1 unspecified atom stereocenters. The van der Waals surface area contributed by atoms with Crippen LogP contribution in [0.25, 0.3) is 10.9 Å². The molecule has 1 atom stereocenters. The summed E-state index contributed by atoms with van der Waals surface area (Å²) in [6.45, 7) is 6.39. The first-order chi connectivity index (χ1) is 12.4. The number of sulfone groups is 1. The lowest BCUT2D eigenvalue weighted by atomic mass is 10.2. The molecule has 0 amide bonds. The van der Waals surface area contributed by atoms with Crippen molar-refractivity contribution in [3.05, 3.63) is 36.5 Å². The minimum Gasteiger partial charge on any atom is -0.357 e. The molecule has 1 aromatic carbocycles. The second-order valence-corrected chi connectivity index (χ2v) is 8.91. The van der Waals surface area contributed by atoms with Crippen molar-refractivity contribution in [2.75, 3.05) is 25.1 Å². The molecule has 0 spiro atoms. The Morgan fingerprint density at radius 2 is 2.00 bits per heavy atom. The van der Waals surface area contributed by atoms with Crippen molar-refractivity contribution < 1.29 is 8.42 Å². The second kappa shape index (κ2) is 11.5. The molecular weight excluding hydrogens is 475 g/mol. The van der Waals surface area contributed by atoms with Gasteiger partial charge in [-0.05, 0) is 44.2 Å². The van der Waals surface area contributed by atoms with E-state index in [1.165, 1.54) is 17.2 Å². The lowest BCUT2D eigenvalue weighted by Gasteiger charge is -2.17. The van der Waals surface area contributed by atoms with Gasteiger partial charge in [-0.15, -0.1) is 24.0 Å². The number of hydrogen-bond donors (Lipinski definition) is 2. The van der Waals surface area contributed by atoms with Crippen molar-refractivity contribution in [3.8, 4) is 0 Å². The van der Waals surface area contributed by atoms with E-state index in [0.717, 1.165) is 25.5 Å². The molecule has 2 aromatic rings. The van der Waals surface area contributed by atoms with Crippen LogP contribution in [0.1, 0.15) is 26.7 Å². The highest BCUT2D eigenvalue weighted by Crippen LogP contribution is 2.15. The number of fused-ring (bicyclic) bond motifs is 1. The van der Waals surface area contributed by atoms with Crippen LogP contribution in [0.2, 0.25) is 0 Å². The van der Waals surface area contributed by atoms with Gasteiger partial charge >= 0.3 is 0 Å². The quantitative estimate of drug-likeness (QED) is 0.237. The van der Waals surface area contributed by atoms with E-state index >= 15 is 0 Å². The Balaban J connectivity index is 0.00000364. The third kappa shape index (κ3) is 8.50. The number of aromatic nitrogens is 1. The maximum absolute atomic E-state index is 11.3. The zero-order valence-corrected chi connectivity index (χ0v) is 19.5. The molecule has 1 heterocycles. The Kier molecular flexibility index (Phi) is 10.1. The van der Waals surface area contributed by atoms with Crippen LogP contribution in [0.3, 0.4) is 0 Å². The average molecular weight is 506 g/mol. The summed E-state index contributed by atoms with van der Waals surface area (Å²) in [7, 11) is -2.93. The van der Waals surface area contributed by atoms with Gasteiger partial charge in [0.2, 0.25) is 0 Å². The molecule has 27 heavy (non-hydrogen) atoms. The molecule has 6 nitrogen and oxygen atoms in total. The molecule has 1 aromatic heterocycles. The molecule has 0 bridgehead atoms. The van der Waals surface area contributed by atoms with Gasteiger partial charge in [-0.3, -0.25) is 4.99 Å². The van der Waals surface area contributed by atoms with Crippen LogP contribution in [0.5, 0.6) is 0 Å². The molecule has 0 aliphatic carbocycles.